The van der Waals surface area contributed by atoms with E-state index >= 15 is 0 Å². The number of rotatable bonds is 4. The lowest BCUT2D eigenvalue weighted by atomic mass is 10.2. The molecule has 2 aromatic carbocycles. The summed E-state index contributed by atoms with van der Waals surface area (Å²) in [5.41, 5.74) is 2.17. The molecule has 94 valence electrons. The lowest BCUT2D eigenvalue weighted by molar-refractivity contribution is 0.303. The zero-order chi connectivity index (χ0) is 13.0. The van der Waals surface area contributed by atoms with E-state index in [1.807, 2.05) is 42.5 Å². The van der Waals surface area contributed by atoms with Crippen molar-refractivity contribution in [1.29, 1.82) is 0 Å². The lowest BCUT2D eigenvalue weighted by Crippen LogP contribution is -1.98. The third kappa shape index (κ3) is 3.50. The van der Waals surface area contributed by atoms with Crippen LogP contribution in [0.25, 0.3) is 0 Å². The molecule has 0 N–H and O–H groups in total. The average molecular weight is 391 g/mol. The fourth-order valence-electron chi connectivity index (χ4n) is 1.56. The van der Waals surface area contributed by atoms with E-state index < -0.39 is 0 Å². The van der Waals surface area contributed by atoms with Crippen molar-refractivity contribution in [2.75, 3.05) is 0 Å². The molecule has 0 heterocycles. The van der Waals surface area contributed by atoms with E-state index in [1.54, 1.807) is 0 Å². The molecule has 0 radical (unpaired) electrons. The highest BCUT2D eigenvalue weighted by atomic mass is 79.9. The Balaban J connectivity index is 2.13. The fraction of sp³-hybridized carbons (Fsp3) is 0.143. The predicted octanol–water partition coefficient (Wildman–Crippen LogP) is 5.58. The van der Waals surface area contributed by atoms with Crippen LogP contribution in [0.5, 0.6) is 5.75 Å². The minimum atomic E-state index is 0.531. The van der Waals surface area contributed by atoms with Crippen LogP contribution in [-0.4, -0.2) is 0 Å². The second-order valence-electron chi connectivity index (χ2n) is 3.77. The van der Waals surface area contributed by atoms with Gasteiger partial charge in [-0.3, -0.25) is 0 Å². The van der Waals surface area contributed by atoms with E-state index in [0.717, 1.165) is 31.7 Å². The quantitative estimate of drug-likeness (QED) is 0.620. The van der Waals surface area contributed by atoms with Crippen molar-refractivity contribution in [3.8, 4) is 5.75 Å². The largest absolute Gasteiger partial charge is 0.489 e. The first-order chi connectivity index (χ1) is 8.70. The monoisotopic (exact) mass is 388 g/mol. The van der Waals surface area contributed by atoms with Crippen LogP contribution in [0.2, 0.25) is 5.02 Å². The molecule has 0 fully saturated rings. The van der Waals surface area contributed by atoms with Gasteiger partial charge < -0.3 is 4.74 Å². The van der Waals surface area contributed by atoms with Gasteiger partial charge in [-0.15, -0.1) is 0 Å². The van der Waals surface area contributed by atoms with Crippen molar-refractivity contribution in [1.82, 2.24) is 0 Å². The summed E-state index contributed by atoms with van der Waals surface area (Å²) in [4.78, 5) is 0. The van der Waals surface area contributed by atoms with Gasteiger partial charge in [0.15, 0.2) is 0 Å². The number of benzene rings is 2. The van der Waals surface area contributed by atoms with Gasteiger partial charge in [0, 0.05) is 26.0 Å². The van der Waals surface area contributed by atoms with E-state index in [4.69, 9.17) is 16.3 Å². The van der Waals surface area contributed by atoms with Crippen molar-refractivity contribution >= 4 is 43.5 Å². The van der Waals surface area contributed by atoms with E-state index in [2.05, 4.69) is 31.9 Å². The van der Waals surface area contributed by atoms with Gasteiger partial charge in [0.05, 0.1) is 0 Å². The molecule has 4 heteroatoms. The zero-order valence-corrected chi connectivity index (χ0v) is 13.4. The molecular formula is C14H11Br2ClO. The van der Waals surface area contributed by atoms with Crippen LogP contribution in [0.4, 0.5) is 0 Å². The first-order valence-corrected chi connectivity index (χ1v) is 7.70. The van der Waals surface area contributed by atoms with Crippen LogP contribution in [-0.2, 0) is 11.9 Å². The van der Waals surface area contributed by atoms with Crippen LogP contribution in [0, 0.1) is 0 Å². The van der Waals surface area contributed by atoms with Crippen molar-refractivity contribution in [2.45, 2.75) is 11.9 Å². The fourth-order valence-corrected chi connectivity index (χ4v) is 2.60. The predicted molar refractivity (Wildman–Crippen MR) is 82.6 cm³/mol. The summed E-state index contributed by atoms with van der Waals surface area (Å²) in [6.07, 6.45) is 0. The Labute approximate surface area is 128 Å². The van der Waals surface area contributed by atoms with Crippen molar-refractivity contribution in [3.63, 3.8) is 0 Å². The maximum absolute atomic E-state index is 5.95. The summed E-state index contributed by atoms with van der Waals surface area (Å²) in [5.74, 6) is 0.854. The van der Waals surface area contributed by atoms with E-state index in [0.29, 0.717) is 6.61 Å². The molecule has 0 aliphatic rings. The van der Waals surface area contributed by atoms with E-state index in [9.17, 15) is 0 Å². The third-order valence-corrected chi connectivity index (χ3v) is 4.12. The van der Waals surface area contributed by atoms with Gasteiger partial charge in [-0.05, 0) is 24.3 Å². The summed E-state index contributed by atoms with van der Waals surface area (Å²) in [6, 6.07) is 13.7. The van der Waals surface area contributed by atoms with Crippen molar-refractivity contribution in [3.05, 3.63) is 63.1 Å². The van der Waals surface area contributed by atoms with Gasteiger partial charge >= 0.3 is 0 Å². The first kappa shape index (κ1) is 13.9. The SMILES string of the molecule is Clc1ccc(OCc2ccccc2Br)c(CBr)c1. The molecule has 0 spiro atoms. The molecule has 2 aromatic rings. The smallest absolute Gasteiger partial charge is 0.123 e. The standard InChI is InChI=1S/C14H11Br2ClO/c15-8-11-7-12(17)5-6-14(11)18-9-10-3-1-2-4-13(10)16/h1-7H,8-9H2. The molecule has 0 aliphatic carbocycles. The molecule has 0 aromatic heterocycles. The normalized spacial score (nSPS) is 10.4. The zero-order valence-electron chi connectivity index (χ0n) is 9.50. The summed E-state index contributed by atoms with van der Waals surface area (Å²) in [7, 11) is 0. The Kier molecular flexibility index (Phi) is 5.10. The second kappa shape index (κ2) is 6.60. The minimum absolute atomic E-state index is 0.531. The number of alkyl halides is 1. The average Bonchev–Trinajstić information content (AvgIpc) is 2.39. The highest BCUT2D eigenvalue weighted by Crippen LogP contribution is 2.26. The number of halogens is 3. The summed E-state index contributed by atoms with van der Waals surface area (Å²) in [5, 5.41) is 1.44. The highest BCUT2D eigenvalue weighted by molar-refractivity contribution is 9.10. The van der Waals surface area contributed by atoms with E-state index in [1.165, 1.54) is 0 Å². The van der Waals surface area contributed by atoms with Gasteiger partial charge in [-0.25, -0.2) is 0 Å². The maximum Gasteiger partial charge on any atom is 0.123 e. The molecule has 0 amide bonds. The molecule has 18 heavy (non-hydrogen) atoms. The Morgan fingerprint density at radius 3 is 2.56 bits per heavy atom. The van der Waals surface area contributed by atoms with Crippen LogP contribution in [0.1, 0.15) is 11.1 Å². The van der Waals surface area contributed by atoms with Crippen LogP contribution >= 0.6 is 43.5 Å². The number of hydrogen-bond donors (Lipinski definition) is 0. The van der Waals surface area contributed by atoms with Gasteiger partial charge in [0.1, 0.15) is 12.4 Å². The second-order valence-corrected chi connectivity index (χ2v) is 5.62. The molecule has 0 saturated carbocycles. The lowest BCUT2D eigenvalue weighted by Gasteiger charge is -2.11. The highest BCUT2D eigenvalue weighted by Gasteiger charge is 2.05. The Morgan fingerprint density at radius 2 is 1.83 bits per heavy atom. The molecule has 0 bridgehead atoms. The number of ether oxygens (including phenoxy) is 1. The van der Waals surface area contributed by atoms with Crippen LogP contribution < -0.4 is 4.74 Å². The first-order valence-electron chi connectivity index (χ1n) is 5.41. The molecule has 0 aliphatic heterocycles. The van der Waals surface area contributed by atoms with Gasteiger partial charge in [-0.1, -0.05) is 61.7 Å². The van der Waals surface area contributed by atoms with Crippen LogP contribution in [0.3, 0.4) is 0 Å². The minimum Gasteiger partial charge on any atom is -0.489 e. The topological polar surface area (TPSA) is 9.23 Å². The Morgan fingerprint density at radius 1 is 1.06 bits per heavy atom. The van der Waals surface area contributed by atoms with Gasteiger partial charge in [-0.2, -0.15) is 0 Å². The Bertz CT molecular complexity index is 543. The molecule has 2 rings (SSSR count). The van der Waals surface area contributed by atoms with Crippen LogP contribution in [0.15, 0.2) is 46.9 Å². The summed E-state index contributed by atoms with van der Waals surface area (Å²) in [6.45, 7) is 0.531. The Hall–Kier alpha value is -0.510. The van der Waals surface area contributed by atoms with Crippen molar-refractivity contribution < 1.29 is 4.74 Å². The third-order valence-electron chi connectivity index (χ3n) is 2.51. The van der Waals surface area contributed by atoms with Gasteiger partial charge in [0.25, 0.3) is 0 Å². The van der Waals surface area contributed by atoms with E-state index in [-0.39, 0.29) is 0 Å². The molecule has 0 saturated heterocycles. The van der Waals surface area contributed by atoms with Crippen molar-refractivity contribution in [2.24, 2.45) is 0 Å². The number of hydrogen-bond acceptors (Lipinski definition) is 1. The summed E-state index contributed by atoms with van der Waals surface area (Å²) < 4.78 is 6.89. The van der Waals surface area contributed by atoms with Gasteiger partial charge in [0.2, 0.25) is 0 Å². The maximum atomic E-state index is 5.95. The molecule has 0 unspecified atom stereocenters. The summed E-state index contributed by atoms with van der Waals surface area (Å²) >= 11 is 12.9. The molecule has 1 nitrogen and oxygen atoms in total. The molecular weight excluding hydrogens is 379 g/mol. The molecule has 0 atom stereocenters.